The summed E-state index contributed by atoms with van der Waals surface area (Å²) in [5, 5.41) is 31.9. The molecule has 0 saturated heterocycles. The van der Waals surface area contributed by atoms with E-state index in [4.69, 9.17) is 39.4 Å². The van der Waals surface area contributed by atoms with Crippen LogP contribution in [0, 0.1) is 0 Å². The topological polar surface area (TPSA) is 247 Å². The molecule has 648 valence electrons. The molecule has 16 heteroatoms. The van der Waals surface area contributed by atoms with Crippen LogP contribution >= 0.6 is 0 Å². The number of ether oxygens (including phenoxy) is 5. The summed E-state index contributed by atoms with van der Waals surface area (Å²) in [6.07, 6.45) is 77.5. The largest absolute Gasteiger partial charge is 0.478 e. The average molecular weight is 1560 g/mol. The second kappa shape index (κ2) is 110. The van der Waals surface area contributed by atoms with Crippen molar-refractivity contribution < 1.29 is 77.7 Å². The highest BCUT2D eigenvalue weighted by atomic mass is 16.5. The van der Waals surface area contributed by atoms with Crippen LogP contribution in [0.1, 0.15) is 428 Å². The highest BCUT2D eigenvalue weighted by Crippen LogP contribution is 2.18. The number of hydrogen-bond acceptors (Lipinski definition) is 14. The number of aliphatic hydroxyl groups is 2. The Morgan fingerprint density at radius 1 is 0.264 bits per heavy atom. The van der Waals surface area contributed by atoms with E-state index in [0.29, 0.717) is 55.1 Å². The molecule has 0 heterocycles. The molecule has 0 aromatic heterocycles. The quantitative estimate of drug-likeness (QED) is 0.0191. The van der Waals surface area contributed by atoms with Crippen LogP contribution in [0.4, 0.5) is 0 Å². The van der Waals surface area contributed by atoms with Gasteiger partial charge in [0.2, 0.25) is 0 Å². The highest BCUT2D eigenvalue weighted by molar-refractivity contribution is 5.88. The van der Waals surface area contributed by atoms with Crippen LogP contribution in [0.2, 0.25) is 0 Å². The number of carbonyl (C=O) groups excluding carboxylic acids is 5. The molecule has 0 saturated carbocycles. The number of carboxylic acids is 2. The number of esters is 5. The van der Waals surface area contributed by atoms with Gasteiger partial charge in [-0.25, -0.2) is 33.6 Å². The molecule has 110 heavy (non-hydrogen) atoms. The van der Waals surface area contributed by atoms with Crippen molar-refractivity contribution in [3.05, 3.63) is 86.6 Å². The Bertz CT molecular complexity index is 2080. The van der Waals surface area contributed by atoms with Crippen molar-refractivity contribution in [1.29, 1.82) is 0 Å². The minimum Gasteiger partial charge on any atom is -0.478 e. The van der Waals surface area contributed by atoms with Crippen molar-refractivity contribution >= 4 is 41.8 Å². The molecule has 0 atom stereocenters. The standard InChI is InChI=1S/C22H42O2.C21H40O2.C16H30O2.C15H28O2.C10H18O2.C5H8O3.C3H4O2.C2H6O/c1-4-5-6-7-8-9-10-11-12-13-14-15-16-17-18-19-20-24-22(23)21(2)3;1-3-5-6-7-8-9-10-11-12-13-14-15-16-17-18-19-20-23-21(22)4-2;1-4-5-6-7-8-9-10-11-12-13-14-18-16(17)15(2)3;1-3-4-5-6-7-8-9-10-11-12-13-14(2)15(16)17;1-4-5-6-7-8-12-10(11)9(2)3;1-2-5(7)8-4-3-6;1-2-3(4)5;1-2-3/h2,4-20H2,1,3H3;4H,2-3,5-20H2,1H3;2,4-14H2,1,3H3;2-13H2,1H3,(H,16,17);2,4-8H2,1,3H3;2,6H,1,3-4H2;2H,1H2,(H,4,5);3H,2H2,1H3. The van der Waals surface area contributed by atoms with Crippen LogP contribution in [0.5, 0.6) is 0 Å². The van der Waals surface area contributed by atoms with Gasteiger partial charge < -0.3 is 44.1 Å². The van der Waals surface area contributed by atoms with Crippen LogP contribution < -0.4 is 0 Å². The zero-order valence-electron chi connectivity index (χ0n) is 73.1. The summed E-state index contributed by atoms with van der Waals surface area (Å²) >= 11 is 0. The van der Waals surface area contributed by atoms with E-state index < -0.39 is 17.9 Å². The molecule has 0 aliphatic heterocycles. The van der Waals surface area contributed by atoms with E-state index in [1.54, 1.807) is 27.7 Å². The molecule has 0 spiro atoms. The first-order chi connectivity index (χ1) is 53.0. The molecule has 0 aliphatic carbocycles. The number of hydrogen-bond donors (Lipinski definition) is 4. The first-order valence-electron chi connectivity index (χ1n) is 44.1. The second-order valence-corrected chi connectivity index (χ2v) is 28.8. The third-order valence-corrected chi connectivity index (χ3v) is 17.5. The van der Waals surface area contributed by atoms with Gasteiger partial charge in [0.25, 0.3) is 0 Å². The van der Waals surface area contributed by atoms with Gasteiger partial charge in [0.15, 0.2) is 0 Å². The lowest BCUT2D eigenvalue weighted by Crippen LogP contribution is -2.05. The van der Waals surface area contributed by atoms with E-state index in [-0.39, 0.29) is 43.7 Å². The molecular formula is C94H176O16. The highest BCUT2D eigenvalue weighted by Gasteiger charge is 2.06. The molecule has 0 amide bonds. The Balaban J connectivity index is -0.000000190. The first kappa shape index (κ1) is 120. The molecule has 0 aromatic carbocycles. The van der Waals surface area contributed by atoms with Crippen molar-refractivity contribution in [1.82, 2.24) is 0 Å². The zero-order chi connectivity index (χ0) is 84.3. The molecule has 4 N–H and O–H groups in total. The van der Waals surface area contributed by atoms with Gasteiger partial charge in [-0.2, -0.15) is 0 Å². The second-order valence-electron chi connectivity index (χ2n) is 28.8. The Morgan fingerprint density at radius 3 is 0.591 bits per heavy atom. The minimum absolute atomic E-state index is 0.0465. The predicted octanol–water partition coefficient (Wildman–Crippen LogP) is 27.0. The molecule has 0 rings (SSSR count). The zero-order valence-corrected chi connectivity index (χ0v) is 73.1. The number of aliphatic hydroxyl groups excluding tert-OH is 2. The lowest BCUT2D eigenvalue weighted by Gasteiger charge is -2.05. The van der Waals surface area contributed by atoms with Crippen molar-refractivity contribution in [2.75, 3.05) is 46.2 Å². The number of rotatable bonds is 70. The number of carboxylic acid groups (broad SMARTS) is 2. The fourth-order valence-corrected chi connectivity index (χ4v) is 10.7. The lowest BCUT2D eigenvalue weighted by atomic mass is 10.0. The van der Waals surface area contributed by atoms with Gasteiger partial charge in [-0.05, 0) is 66.2 Å². The smallest absolute Gasteiger partial charge is 0.333 e. The van der Waals surface area contributed by atoms with E-state index in [9.17, 15) is 33.6 Å². The Kier molecular flexibility index (Phi) is 120. The summed E-state index contributed by atoms with van der Waals surface area (Å²) in [7, 11) is 0. The molecule has 0 aliphatic rings. The number of unbranched alkanes of at least 4 members (excludes halogenated alkanes) is 51. The molecule has 0 radical (unpaired) electrons. The maximum Gasteiger partial charge on any atom is 0.333 e. The summed E-state index contributed by atoms with van der Waals surface area (Å²) in [4.78, 5) is 73.8. The van der Waals surface area contributed by atoms with Crippen molar-refractivity contribution in [3.8, 4) is 0 Å². The van der Waals surface area contributed by atoms with Gasteiger partial charge in [-0.15, -0.1) is 0 Å². The predicted molar refractivity (Wildman–Crippen MR) is 466 cm³/mol. The molecular weight excluding hydrogens is 1390 g/mol. The fourth-order valence-electron chi connectivity index (χ4n) is 10.7. The average Bonchev–Trinajstić information content (AvgIpc) is 1.08. The molecule has 0 fully saturated rings. The first-order valence-corrected chi connectivity index (χ1v) is 44.1. The summed E-state index contributed by atoms with van der Waals surface area (Å²) in [5.41, 5.74) is 1.81. The van der Waals surface area contributed by atoms with Crippen LogP contribution in [-0.2, 0) is 57.2 Å². The monoisotopic (exact) mass is 1560 g/mol. The normalized spacial score (nSPS) is 9.95. The van der Waals surface area contributed by atoms with Crippen molar-refractivity contribution in [2.45, 2.75) is 428 Å². The Morgan fingerprint density at radius 2 is 0.427 bits per heavy atom. The van der Waals surface area contributed by atoms with E-state index in [1.807, 2.05) is 0 Å². The summed E-state index contributed by atoms with van der Waals surface area (Å²) in [5.74, 6) is -3.41. The summed E-state index contributed by atoms with van der Waals surface area (Å²) < 4.78 is 24.3. The van der Waals surface area contributed by atoms with Crippen molar-refractivity contribution in [2.24, 2.45) is 0 Å². The van der Waals surface area contributed by atoms with Crippen LogP contribution in [0.3, 0.4) is 0 Å². The summed E-state index contributed by atoms with van der Waals surface area (Å²) in [6, 6.07) is 0. The Labute approximate surface area is 677 Å². The van der Waals surface area contributed by atoms with Crippen LogP contribution in [-0.4, -0.2) is 108 Å². The van der Waals surface area contributed by atoms with Gasteiger partial charge in [-0.1, -0.05) is 408 Å². The van der Waals surface area contributed by atoms with Crippen LogP contribution in [0.25, 0.3) is 0 Å². The SMILES string of the molecule is C=C(C)C(=O)OCCCCCC.C=C(C)C(=O)OCCCCCCCCCCCC.C=C(C)C(=O)OCCCCCCCCCCCCCCCCCC.C=C(CCCCCCCCCCCC)C(=O)O.C=CC(=O)O.C=CC(=O)OCCCCCCCCCCCCCCCCCC.C=CC(=O)OCCO.CCO. The third-order valence-electron chi connectivity index (χ3n) is 17.5. The van der Waals surface area contributed by atoms with Crippen LogP contribution in [0.15, 0.2) is 86.6 Å². The molecule has 0 aromatic rings. The maximum atomic E-state index is 11.2. The summed E-state index contributed by atoms with van der Waals surface area (Å²) in [6.45, 7) is 43.9. The van der Waals surface area contributed by atoms with Gasteiger partial charge in [0.1, 0.15) is 6.61 Å². The Hall–Kier alpha value is -5.61. The number of aliphatic carboxylic acids is 2. The molecule has 0 bridgehead atoms. The van der Waals surface area contributed by atoms with E-state index in [1.165, 1.54) is 321 Å². The molecule has 16 nitrogen and oxygen atoms in total. The van der Waals surface area contributed by atoms with Gasteiger partial charge in [-0.3, -0.25) is 0 Å². The van der Waals surface area contributed by atoms with Crippen molar-refractivity contribution in [3.63, 3.8) is 0 Å². The number of carbonyl (C=O) groups is 7. The van der Waals surface area contributed by atoms with E-state index >= 15 is 0 Å². The van der Waals surface area contributed by atoms with Gasteiger partial charge >= 0.3 is 41.8 Å². The molecule has 0 unspecified atom stereocenters. The van der Waals surface area contributed by atoms with Gasteiger partial charge in [0.05, 0.1) is 33.0 Å². The lowest BCUT2D eigenvalue weighted by molar-refractivity contribution is -0.139. The van der Waals surface area contributed by atoms with E-state index in [2.05, 4.69) is 85.4 Å². The minimum atomic E-state index is -0.981. The fraction of sp³-hybridized carbons (Fsp3) is 0.777. The van der Waals surface area contributed by atoms with E-state index in [0.717, 1.165) is 57.1 Å². The third kappa shape index (κ3) is 129. The van der Waals surface area contributed by atoms with Gasteiger partial charge in [0, 0.05) is 47.1 Å². The maximum absolute atomic E-state index is 11.2.